The second kappa shape index (κ2) is 4.13. The molecule has 0 aliphatic heterocycles. The van der Waals surface area contributed by atoms with Crippen LogP contribution in [0.5, 0.6) is 0 Å². The van der Waals surface area contributed by atoms with Gasteiger partial charge in [0.2, 0.25) is 0 Å². The highest BCUT2D eigenvalue weighted by atomic mass is 79.9. The van der Waals surface area contributed by atoms with E-state index in [9.17, 15) is 4.79 Å². The highest BCUT2D eigenvalue weighted by Gasteiger charge is 1.91. The summed E-state index contributed by atoms with van der Waals surface area (Å²) in [5, 5.41) is 0. The fourth-order valence-electron chi connectivity index (χ4n) is 0.693. The van der Waals surface area contributed by atoms with Gasteiger partial charge in [-0.3, -0.25) is 0 Å². The van der Waals surface area contributed by atoms with E-state index in [2.05, 4.69) is 20.7 Å². The number of halogens is 1. The molecular weight excluding hydrogens is 208 g/mol. The summed E-state index contributed by atoms with van der Waals surface area (Å²) in [6, 6.07) is 7.54. The Labute approximate surface area is 73.3 Å². The lowest BCUT2D eigenvalue weighted by molar-refractivity contribution is 0.267. The van der Waals surface area contributed by atoms with Crippen molar-refractivity contribution in [1.82, 2.24) is 0 Å². The van der Waals surface area contributed by atoms with E-state index in [1.165, 1.54) is 6.47 Å². The summed E-state index contributed by atoms with van der Waals surface area (Å²) in [6.07, 6.45) is 0. The van der Waals surface area contributed by atoms with E-state index in [-0.39, 0.29) is 6.61 Å². The van der Waals surface area contributed by atoms with Gasteiger partial charge in [-0.15, -0.1) is 0 Å². The highest BCUT2D eigenvalue weighted by Crippen LogP contribution is 2.10. The molecule has 0 heterocycles. The molecule has 1 radical (unpaired) electrons. The molecule has 0 saturated heterocycles. The van der Waals surface area contributed by atoms with Gasteiger partial charge in [-0.25, -0.2) is 4.79 Å². The van der Waals surface area contributed by atoms with Crippen LogP contribution >= 0.6 is 15.9 Å². The van der Waals surface area contributed by atoms with Crippen LogP contribution in [0.3, 0.4) is 0 Å². The summed E-state index contributed by atoms with van der Waals surface area (Å²) in [4.78, 5) is 9.69. The number of benzene rings is 1. The smallest absolute Gasteiger partial charge is 0.417 e. The largest absolute Gasteiger partial charge is 0.452 e. The molecule has 11 heavy (non-hydrogen) atoms. The Kier molecular flexibility index (Phi) is 3.11. The second-order valence-corrected chi connectivity index (χ2v) is 2.91. The zero-order valence-electron chi connectivity index (χ0n) is 5.71. The van der Waals surface area contributed by atoms with E-state index in [1.807, 2.05) is 24.3 Å². The van der Waals surface area contributed by atoms with Gasteiger partial charge in [-0.1, -0.05) is 28.1 Å². The summed E-state index contributed by atoms with van der Waals surface area (Å²) in [5.74, 6) is 0. The third-order valence-electron chi connectivity index (χ3n) is 1.21. The first kappa shape index (κ1) is 8.27. The van der Waals surface area contributed by atoms with Crippen LogP contribution in [0.2, 0.25) is 0 Å². The fourth-order valence-corrected chi connectivity index (χ4v) is 0.958. The molecule has 0 unspecified atom stereocenters. The van der Waals surface area contributed by atoms with Crippen molar-refractivity contribution in [2.45, 2.75) is 6.61 Å². The molecule has 0 amide bonds. The molecule has 0 bridgehead atoms. The van der Waals surface area contributed by atoms with Crippen molar-refractivity contribution in [2.75, 3.05) is 0 Å². The predicted octanol–water partition coefficient (Wildman–Crippen LogP) is 2.03. The number of rotatable bonds is 3. The van der Waals surface area contributed by atoms with Crippen LogP contribution in [0.4, 0.5) is 0 Å². The first-order chi connectivity index (χ1) is 5.33. The van der Waals surface area contributed by atoms with Crippen molar-refractivity contribution in [2.24, 2.45) is 0 Å². The quantitative estimate of drug-likeness (QED) is 0.769. The molecule has 0 aromatic heterocycles. The molecule has 0 N–H and O–H groups in total. The predicted molar refractivity (Wildman–Crippen MR) is 44.6 cm³/mol. The normalized spacial score (nSPS) is 9.18. The van der Waals surface area contributed by atoms with E-state index in [4.69, 9.17) is 0 Å². The van der Waals surface area contributed by atoms with Crippen LogP contribution in [0.25, 0.3) is 0 Å². The Morgan fingerprint density at radius 3 is 2.55 bits per heavy atom. The summed E-state index contributed by atoms with van der Waals surface area (Å²) in [6.45, 7) is 1.66. The molecule has 57 valence electrons. The van der Waals surface area contributed by atoms with Crippen molar-refractivity contribution in [3.05, 3.63) is 34.3 Å². The maximum Gasteiger partial charge on any atom is 0.417 e. The maximum absolute atomic E-state index is 9.69. The molecule has 0 aliphatic carbocycles. The van der Waals surface area contributed by atoms with Crippen LogP contribution in [-0.2, 0) is 16.1 Å². The third-order valence-corrected chi connectivity index (χ3v) is 1.74. The van der Waals surface area contributed by atoms with E-state index in [0.29, 0.717) is 0 Å². The molecule has 0 atom stereocenters. The zero-order valence-corrected chi connectivity index (χ0v) is 7.30. The van der Waals surface area contributed by atoms with Crippen molar-refractivity contribution < 1.29 is 9.53 Å². The van der Waals surface area contributed by atoms with Crippen LogP contribution in [-0.4, -0.2) is 6.47 Å². The maximum atomic E-state index is 9.69. The summed E-state index contributed by atoms with van der Waals surface area (Å²) in [5.41, 5.74) is 0.955. The third kappa shape index (κ3) is 2.72. The number of carbonyl (C=O) groups excluding carboxylic acids is 1. The molecule has 0 spiro atoms. The van der Waals surface area contributed by atoms with Gasteiger partial charge in [0.05, 0.1) is 0 Å². The Morgan fingerprint density at radius 1 is 1.36 bits per heavy atom. The topological polar surface area (TPSA) is 26.3 Å². The summed E-state index contributed by atoms with van der Waals surface area (Å²) in [7, 11) is 0. The van der Waals surface area contributed by atoms with Crippen LogP contribution in [0, 0.1) is 0 Å². The Balaban J connectivity index is 2.58. The first-order valence-electron chi connectivity index (χ1n) is 3.06. The number of hydrogen-bond donors (Lipinski definition) is 0. The first-order valence-corrected chi connectivity index (χ1v) is 3.85. The minimum Gasteiger partial charge on any atom is -0.452 e. The minimum atomic E-state index is 0.288. The van der Waals surface area contributed by atoms with Crippen molar-refractivity contribution in [3.63, 3.8) is 0 Å². The second-order valence-electron chi connectivity index (χ2n) is 2.00. The van der Waals surface area contributed by atoms with E-state index >= 15 is 0 Å². The summed E-state index contributed by atoms with van der Waals surface area (Å²) < 4.78 is 5.45. The van der Waals surface area contributed by atoms with E-state index in [1.54, 1.807) is 0 Å². The monoisotopic (exact) mass is 213 g/mol. The molecule has 0 aliphatic rings. The van der Waals surface area contributed by atoms with Gasteiger partial charge in [0.1, 0.15) is 6.61 Å². The minimum absolute atomic E-state index is 0.288. The average molecular weight is 214 g/mol. The van der Waals surface area contributed by atoms with Gasteiger partial charge in [-0.05, 0) is 17.7 Å². The van der Waals surface area contributed by atoms with Crippen LogP contribution in [0.1, 0.15) is 5.56 Å². The van der Waals surface area contributed by atoms with E-state index < -0.39 is 0 Å². The molecule has 3 heteroatoms. The van der Waals surface area contributed by atoms with E-state index in [0.717, 1.165) is 10.0 Å². The fraction of sp³-hybridized carbons (Fsp3) is 0.125. The standard InChI is InChI=1S/C8H6BrO2/c9-8-3-1-7(2-4-8)5-11-6-10/h1-4H,5H2. The van der Waals surface area contributed by atoms with Gasteiger partial charge in [0.25, 0.3) is 0 Å². The lowest BCUT2D eigenvalue weighted by Crippen LogP contribution is -1.88. The lowest BCUT2D eigenvalue weighted by atomic mass is 10.2. The Bertz CT molecular complexity index is 230. The van der Waals surface area contributed by atoms with Gasteiger partial charge < -0.3 is 4.74 Å². The van der Waals surface area contributed by atoms with Gasteiger partial charge >= 0.3 is 6.47 Å². The van der Waals surface area contributed by atoms with Crippen molar-refractivity contribution in [1.29, 1.82) is 0 Å². The SMILES string of the molecule is O=[C]OCc1ccc(Br)cc1. The van der Waals surface area contributed by atoms with Crippen molar-refractivity contribution >= 4 is 22.4 Å². The van der Waals surface area contributed by atoms with Crippen molar-refractivity contribution in [3.8, 4) is 0 Å². The molecule has 1 aromatic rings. The lowest BCUT2D eigenvalue weighted by Gasteiger charge is -1.97. The molecular formula is C8H6BrO2. The number of hydrogen-bond acceptors (Lipinski definition) is 2. The molecule has 2 nitrogen and oxygen atoms in total. The highest BCUT2D eigenvalue weighted by molar-refractivity contribution is 9.10. The van der Waals surface area contributed by atoms with Gasteiger partial charge in [0, 0.05) is 4.47 Å². The number of ether oxygens (including phenoxy) is 1. The van der Waals surface area contributed by atoms with Gasteiger partial charge in [-0.2, -0.15) is 0 Å². The molecule has 0 fully saturated rings. The zero-order chi connectivity index (χ0) is 8.10. The molecule has 1 aromatic carbocycles. The summed E-state index contributed by atoms with van der Waals surface area (Å²) >= 11 is 3.30. The Hall–Kier alpha value is -0.830. The van der Waals surface area contributed by atoms with Crippen LogP contribution in [0.15, 0.2) is 28.7 Å². The van der Waals surface area contributed by atoms with Crippen LogP contribution < -0.4 is 0 Å². The average Bonchev–Trinajstić information content (AvgIpc) is 2.04. The van der Waals surface area contributed by atoms with Gasteiger partial charge in [0.15, 0.2) is 0 Å². The Morgan fingerprint density at radius 2 is 2.00 bits per heavy atom. The molecule has 0 saturated carbocycles. The molecule has 1 rings (SSSR count).